The molecular formula is C6H13FN2. The standard InChI is InChI=1S/C6H13FN2/c1-2-9-3-6(4-9)8-5-7/h6,8H,2-5H2,1H3. The maximum atomic E-state index is 11.6. The minimum atomic E-state index is -0.387. The summed E-state index contributed by atoms with van der Waals surface area (Å²) in [6, 6.07) is 0.412. The van der Waals surface area contributed by atoms with Gasteiger partial charge in [0.2, 0.25) is 0 Å². The molecule has 54 valence electrons. The zero-order valence-corrected chi connectivity index (χ0v) is 5.73. The summed E-state index contributed by atoms with van der Waals surface area (Å²) in [4.78, 5) is 2.27. The van der Waals surface area contributed by atoms with Gasteiger partial charge in [-0.05, 0) is 6.54 Å². The van der Waals surface area contributed by atoms with Crippen LogP contribution in [0, 0.1) is 0 Å². The Kier molecular flexibility index (Phi) is 2.42. The molecule has 0 radical (unpaired) electrons. The summed E-state index contributed by atoms with van der Waals surface area (Å²) in [7, 11) is 0. The minimum absolute atomic E-state index is 0.387. The topological polar surface area (TPSA) is 15.3 Å². The van der Waals surface area contributed by atoms with Gasteiger partial charge in [-0.25, -0.2) is 4.39 Å². The van der Waals surface area contributed by atoms with E-state index in [0.717, 1.165) is 19.6 Å². The number of hydrogen-bond acceptors (Lipinski definition) is 2. The fourth-order valence-corrected chi connectivity index (χ4v) is 1.07. The summed E-state index contributed by atoms with van der Waals surface area (Å²) in [6.45, 7) is 4.85. The van der Waals surface area contributed by atoms with Crippen molar-refractivity contribution in [3.63, 3.8) is 0 Å². The summed E-state index contributed by atoms with van der Waals surface area (Å²) in [5, 5.41) is 2.74. The van der Waals surface area contributed by atoms with E-state index < -0.39 is 0 Å². The lowest BCUT2D eigenvalue weighted by atomic mass is 10.1. The SMILES string of the molecule is CCN1CC(NCF)C1. The van der Waals surface area contributed by atoms with Gasteiger partial charge in [0, 0.05) is 19.1 Å². The van der Waals surface area contributed by atoms with Crippen LogP contribution in [-0.2, 0) is 0 Å². The van der Waals surface area contributed by atoms with Gasteiger partial charge in [-0.3, -0.25) is 5.32 Å². The first-order valence-electron chi connectivity index (χ1n) is 3.38. The van der Waals surface area contributed by atoms with E-state index in [9.17, 15) is 4.39 Å². The van der Waals surface area contributed by atoms with Gasteiger partial charge in [0.1, 0.15) is 6.80 Å². The molecule has 1 saturated heterocycles. The highest BCUT2D eigenvalue weighted by atomic mass is 19.1. The Morgan fingerprint density at radius 1 is 1.67 bits per heavy atom. The molecule has 1 N–H and O–H groups in total. The molecule has 0 aromatic heterocycles. The van der Waals surface area contributed by atoms with E-state index in [4.69, 9.17) is 0 Å². The molecule has 2 nitrogen and oxygen atoms in total. The molecule has 0 amide bonds. The maximum absolute atomic E-state index is 11.6. The van der Waals surface area contributed by atoms with Gasteiger partial charge in [-0.15, -0.1) is 0 Å². The van der Waals surface area contributed by atoms with Gasteiger partial charge >= 0.3 is 0 Å². The molecule has 1 heterocycles. The summed E-state index contributed by atoms with van der Waals surface area (Å²) in [6.07, 6.45) is 0. The van der Waals surface area contributed by atoms with Crippen LogP contribution in [0.1, 0.15) is 6.92 Å². The van der Waals surface area contributed by atoms with Gasteiger partial charge in [0.05, 0.1) is 0 Å². The highest BCUT2D eigenvalue weighted by molar-refractivity contribution is 4.83. The second kappa shape index (κ2) is 3.13. The number of likely N-dealkylation sites (N-methyl/N-ethyl adjacent to an activating group) is 1. The van der Waals surface area contributed by atoms with Crippen molar-refractivity contribution in [1.29, 1.82) is 0 Å². The monoisotopic (exact) mass is 132 g/mol. The maximum Gasteiger partial charge on any atom is 0.140 e. The van der Waals surface area contributed by atoms with Crippen LogP contribution < -0.4 is 5.32 Å². The third-order valence-electron chi connectivity index (χ3n) is 1.77. The molecule has 0 aromatic carbocycles. The average Bonchev–Trinajstić information content (AvgIpc) is 1.77. The summed E-state index contributed by atoms with van der Waals surface area (Å²) in [5.41, 5.74) is 0. The first-order chi connectivity index (χ1) is 4.36. The molecule has 1 rings (SSSR count). The van der Waals surface area contributed by atoms with Crippen LogP contribution in [0.25, 0.3) is 0 Å². The third kappa shape index (κ3) is 1.63. The van der Waals surface area contributed by atoms with Gasteiger partial charge in [0.25, 0.3) is 0 Å². The van der Waals surface area contributed by atoms with Crippen LogP contribution >= 0.6 is 0 Å². The van der Waals surface area contributed by atoms with E-state index in [1.807, 2.05) is 0 Å². The molecule has 1 aliphatic heterocycles. The second-order valence-corrected chi connectivity index (χ2v) is 2.39. The Morgan fingerprint density at radius 3 is 2.78 bits per heavy atom. The molecule has 0 bridgehead atoms. The van der Waals surface area contributed by atoms with Crippen molar-refractivity contribution in [3.05, 3.63) is 0 Å². The lowest BCUT2D eigenvalue weighted by Gasteiger charge is -2.38. The normalized spacial score (nSPS) is 22.0. The smallest absolute Gasteiger partial charge is 0.140 e. The Bertz CT molecular complexity index is 81.1. The van der Waals surface area contributed by atoms with Crippen LogP contribution in [-0.4, -0.2) is 37.4 Å². The highest BCUT2D eigenvalue weighted by Gasteiger charge is 2.23. The van der Waals surface area contributed by atoms with Crippen LogP contribution in [0.5, 0.6) is 0 Å². The number of hydrogen-bond donors (Lipinski definition) is 1. The van der Waals surface area contributed by atoms with E-state index in [1.54, 1.807) is 0 Å². The van der Waals surface area contributed by atoms with Gasteiger partial charge in [-0.1, -0.05) is 6.92 Å². The van der Waals surface area contributed by atoms with Crippen molar-refractivity contribution in [1.82, 2.24) is 10.2 Å². The molecule has 3 heteroatoms. The molecule has 0 spiro atoms. The van der Waals surface area contributed by atoms with Gasteiger partial charge < -0.3 is 4.90 Å². The Balaban J connectivity index is 1.98. The van der Waals surface area contributed by atoms with E-state index in [1.165, 1.54) is 0 Å². The largest absolute Gasteiger partial charge is 0.300 e. The molecule has 0 unspecified atom stereocenters. The van der Waals surface area contributed by atoms with E-state index in [2.05, 4.69) is 17.1 Å². The Morgan fingerprint density at radius 2 is 2.33 bits per heavy atom. The summed E-state index contributed by atoms with van der Waals surface area (Å²) >= 11 is 0. The average molecular weight is 132 g/mol. The van der Waals surface area contributed by atoms with E-state index in [0.29, 0.717) is 6.04 Å². The van der Waals surface area contributed by atoms with Gasteiger partial charge in [0.15, 0.2) is 0 Å². The molecule has 0 atom stereocenters. The first-order valence-corrected chi connectivity index (χ1v) is 3.38. The van der Waals surface area contributed by atoms with Crippen LogP contribution in [0.3, 0.4) is 0 Å². The zero-order chi connectivity index (χ0) is 6.69. The Labute approximate surface area is 55.0 Å². The number of nitrogens with one attached hydrogen (secondary N) is 1. The predicted molar refractivity (Wildman–Crippen MR) is 35.0 cm³/mol. The first kappa shape index (κ1) is 6.96. The lowest BCUT2D eigenvalue weighted by molar-refractivity contribution is 0.124. The van der Waals surface area contributed by atoms with Crippen molar-refractivity contribution >= 4 is 0 Å². The van der Waals surface area contributed by atoms with Crippen molar-refractivity contribution in [2.75, 3.05) is 26.4 Å². The fraction of sp³-hybridized carbons (Fsp3) is 1.00. The molecule has 1 fully saturated rings. The number of alkyl halides is 1. The number of rotatable bonds is 3. The van der Waals surface area contributed by atoms with Crippen LogP contribution in [0.2, 0.25) is 0 Å². The van der Waals surface area contributed by atoms with E-state index >= 15 is 0 Å². The van der Waals surface area contributed by atoms with Crippen molar-refractivity contribution in [2.24, 2.45) is 0 Å². The van der Waals surface area contributed by atoms with Crippen LogP contribution in [0.15, 0.2) is 0 Å². The van der Waals surface area contributed by atoms with Crippen molar-refractivity contribution < 1.29 is 4.39 Å². The number of halogens is 1. The molecule has 9 heavy (non-hydrogen) atoms. The molecule has 0 aromatic rings. The third-order valence-corrected chi connectivity index (χ3v) is 1.77. The molecule has 0 aliphatic carbocycles. The second-order valence-electron chi connectivity index (χ2n) is 2.39. The summed E-state index contributed by atoms with van der Waals surface area (Å²) in [5.74, 6) is 0. The quantitative estimate of drug-likeness (QED) is 0.552. The lowest BCUT2D eigenvalue weighted by Crippen LogP contribution is -2.57. The molecular weight excluding hydrogens is 119 g/mol. The Hall–Kier alpha value is -0.150. The fourth-order valence-electron chi connectivity index (χ4n) is 1.07. The van der Waals surface area contributed by atoms with E-state index in [-0.39, 0.29) is 6.80 Å². The van der Waals surface area contributed by atoms with Crippen molar-refractivity contribution in [2.45, 2.75) is 13.0 Å². The van der Waals surface area contributed by atoms with Crippen LogP contribution in [0.4, 0.5) is 4.39 Å². The van der Waals surface area contributed by atoms with Crippen molar-refractivity contribution in [3.8, 4) is 0 Å². The minimum Gasteiger partial charge on any atom is -0.300 e. The number of nitrogens with zero attached hydrogens (tertiary/aromatic N) is 1. The number of likely N-dealkylation sites (tertiary alicyclic amines) is 1. The molecule has 1 aliphatic rings. The molecule has 0 saturated carbocycles. The van der Waals surface area contributed by atoms with Gasteiger partial charge in [-0.2, -0.15) is 0 Å². The predicted octanol–water partition coefficient (Wildman–Crippen LogP) is 0.207. The summed E-state index contributed by atoms with van der Waals surface area (Å²) < 4.78 is 11.6. The highest BCUT2D eigenvalue weighted by Crippen LogP contribution is 2.05. The zero-order valence-electron chi connectivity index (χ0n) is 5.73.